The number of hydrogen-bond donors (Lipinski definition) is 1. The molecule has 0 bridgehead atoms. The van der Waals surface area contributed by atoms with Crippen LogP contribution in [0.4, 0.5) is 13.2 Å². The van der Waals surface area contributed by atoms with Crippen molar-refractivity contribution in [3.05, 3.63) is 83.1 Å². The number of carbonyl (C=O) groups excluding carboxylic acids is 1. The standard InChI is InChI=1S/C24H23F3N2O2/c25-24(26,27)20-6-2-5-19(14-20)21-7-8-22(31-21)23(30)29-11-9-17(10-12-29)18-4-1-3-16(13-18)15-28/h1-8,13-14,17H,9-12,15,28H2. The first-order chi connectivity index (χ1) is 14.8. The zero-order chi connectivity index (χ0) is 22.0. The van der Waals surface area contributed by atoms with Crippen LogP contribution in [-0.2, 0) is 12.7 Å². The first-order valence-corrected chi connectivity index (χ1v) is 10.2. The van der Waals surface area contributed by atoms with Crippen molar-refractivity contribution in [1.82, 2.24) is 4.90 Å². The van der Waals surface area contributed by atoms with Crippen molar-refractivity contribution in [3.8, 4) is 11.3 Å². The lowest BCUT2D eigenvalue weighted by Gasteiger charge is -2.31. The van der Waals surface area contributed by atoms with E-state index < -0.39 is 11.7 Å². The Morgan fingerprint density at radius 2 is 1.77 bits per heavy atom. The summed E-state index contributed by atoms with van der Waals surface area (Å²) in [6, 6.07) is 16.2. The molecule has 1 aliphatic rings. The molecule has 0 radical (unpaired) electrons. The lowest BCUT2D eigenvalue weighted by molar-refractivity contribution is -0.137. The Morgan fingerprint density at radius 3 is 2.48 bits per heavy atom. The van der Waals surface area contributed by atoms with E-state index in [-0.39, 0.29) is 23.0 Å². The van der Waals surface area contributed by atoms with Gasteiger partial charge in [-0.15, -0.1) is 0 Å². The van der Waals surface area contributed by atoms with Crippen LogP contribution in [0.15, 0.2) is 65.1 Å². The van der Waals surface area contributed by atoms with Crippen LogP contribution in [0.2, 0.25) is 0 Å². The van der Waals surface area contributed by atoms with Gasteiger partial charge in [0.05, 0.1) is 5.56 Å². The Bertz CT molecular complexity index is 1070. The van der Waals surface area contributed by atoms with Crippen molar-refractivity contribution in [2.75, 3.05) is 13.1 Å². The highest BCUT2D eigenvalue weighted by Gasteiger charge is 2.31. The zero-order valence-corrected chi connectivity index (χ0v) is 16.9. The predicted molar refractivity (Wildman–Crippen MR) is 111 cm³/mol. The number of benzene rings is 2. The largest absolute Gasteiger partial charge is 0.451 e. The summed E-state index contributed by atoms with van der Waals surface area (Å²) < 4.78 is 44.5. The van der Waals surface area contributed by atoms with Gasteiger partial charge < -0.3 is 15.1 Å². The molecule has 0 aliphatic carbocycles. The van der Waals surface area contributed by atoms with Crippen LogP contribution >= 0.6 is 0 Å². The third kappa shape index (κ3) is 4.66. The van der Waals surface area contributed by atoms with Gasteiger partial charge in [0.2, 0.25) is 0 Å². The predicted octanol–water partition coefficient (Wildman–Crippen LogP) is 5.44. The molecule has 0 unspecified atom stereocenters. The molecule has 162 valence electrons. The first-order valence-electron chi connectivity index (χ1n) is 10.2. The Hall–Kier alpha value is -3.06. The smallest absolute Gasteiger partial charge is 0.416 e. The molecule has 7 heteroatoms. The van der Waals surface area contributed by atoms with E-state index in [0.717, 1.165) is 30.5 Å². The molecular weight excluding hydrogens is 405 g/mol. The van der Waals surface area contributed by atoms with Crippen LogP contribution in [0.1, 0.15) is 46.0 Å². The number of nitrogens with zero attached hydrogens (tertiary/aromatic N) is 1. The lowest BCUT2D eigenvalue weighted by Crippen LogP contribution is -2.37. The summed E-state index contributed by atoms with van der Waals surface area (Å²) in [6.07, 6.45) is -2.77. The molecule has 1 amide bonds. The maximum absolute atomic E-state index is 13.0. The van der Waals surface area contributed by atoms with Crippen LogP contribution < -0.4 is 5.73 Å². The quantitative estimate of drug-likeness (QED) is 0.602. The van der Waals surface area contributed by atoms with Gasteiger partial charge in [0.1, 0.15) is 5.76 Å². The van der Waals surface area contributed by atoms with E-state index in [9.17, 15) is 18.0 Å². The number of halogens is 3. The normalized spacial score (nSPS) is 15.3. The fourth-order valence-corrected chi connectivity index (χ4v) is 4.00. The molecule has 3 aromatic rings. The Balaban J connectivity index is 1.43. The molecule has 2 N–H and O–H groups in total. The molecule has 4 nitrogen and oxygen atoms in total. The van der Waals surface area contributed by atoms with E-state index in [1.165, 1.54) is 29.8 Å². The van der Waals surface area contributed by atoms with Crippen molar-refractivity contribution in [2.24, 2.45) is 5.73 Å². The summed E-state index contributed by atoms with van der Waals surface area (Å²) in [5, 5.41) is 0. The summed E-state index contributed by atoms with van der Waals surface area (Å²) in [6.45, 7) is 1.68. The number of alkyl halides is 3. The highest BCUT2D eigenvalue weighted by Crippen LogP contribution is 2.33. The van der Waals surface area contributed by atoms with E-state index in [2.05, 4.69) is 12.1 Å². The molecule has 1 aromatic heterocycles. The van der Waals surface area contributed by atoms with E-state index in [0.29, 0.717) is 25.6 Å². The van der Waals surface area contributed by atoms with Crippen molar-refractivity contribution in [1.29, 1.82) is 0 Å². The van der Waals surface area contributed by atoms with Crippen LogP contribution in [-0.4, -0.2) is 23.9 Å². The van der Waals surface area contributed by atoms with Gasteiger partial charge in [-0.25, -0.2) is 0 Å². The van der Waals surface area contributed by atoms with Crippen LogP contribution in [0.5, 0.6) is 0 Å². The molecule has 0 spiro atoms. The SMILES string of the molecule is NCc1cccc(C2CCN(C(=O)c3ccc(-c4cccc(C(F)(F)F)c4)o3)CC2)c1. The Labute approximate surface area is 178 Å². The van der Waals surface area contributed by atoms with Crippen LogP contribution in [0, 0.1) is 0 Å². The topological polar surface area (TPSA) is 59.5 Å². The van der Waals surface area contributed by atoms with Crippen molar-refractivity contribution in [3.63, 3.8) is 0 Å². The van der Waals surface area contributed by atoms with Gasteiger partial charge in [-0.2, -0.15) is 13.2 Å². The number of nitrogens with two attached hydrogens (primary N) is 1. The number of rotatable bonds is 4. The fourth-order valence-electron chi connectivity index (χ4n) is 4.00. The maximum Gasteiger partial charge on any atom is 0.416 e. The highest BCUT2D eigenvalue weighted by atomic mass is 19.4. The molecule has 31 heavy (non-hydrogen) atoms. The highest BCUT2D eigenvalue weighted by molar-refractivity contribution is 5.92. The van der Waals surface area contributed by atoms with Gasteiger partial charge in [0, 0.05) is 25.2 Å². The number of amides is 1. The van der Waals surface area contributed by atoms with Gasteiger partial charge in [0.15, 0.2) is 5.76 Å². The molecule has 1 fully saturated rings. The minimum atomic E-state index is -4.44. The average molecular weight is 428 g/mol. The molecule has 1 saturated heterocycles. The van der Waals surface area contributed by atoms with E-state index in [1.807, 2.05) is 12.1 Å². The van der Waals surface area contributed by atoms with Gasteiger partial charge >= 0.3 is 6.18 Å². The Morgan fingerprint density at radius 1 is 1.03 bits per heavy atom. The maximum atomic E-state index is 13.0. The zero-order valence-electron chi connectivity index (χ0n) is 16.9. The fraction of sp³-hybridized carbons (Fsp3) is 0.292. The number of furan rings is 1. The molecular formula is C24H23F3N2O2. The molecule has 4 rings (SSSR count). The molecule has 1 aliphatic heterocycles. The van der Waals surface area contributed by atoms with Crippen molar-refractivity contribution >= 4 is 5.91 Å². The van der Waals surface area contributed by atoms with Crippen molar-refractivity contribution < 1.29 is 22.4 Å². The summed E-state index contributed by atoms with van der Waals surface area (Å²) >= 11 is 0. The average Bonchev–Trinajstić information content (AvgIpc) is 3.29. The second-order valence-corrected chi connectivity index (χ2v) is 7.76. The number of likely N-dealkylation sites (tertiary alicyclic amines) is 1. The second-order valence-electron chi connectivity index (χ2n) is 7.76. The van der Waals surface area contributed by atoms with Crippen LogP contribution in [0.3, 0.4) is 0 Å². The minimum absolute atomic E-state index is 0.135. The van der Waals surface area contributed by atoms with E-state index in [4.69, 9.17) is 10.2 Å². The first kappa shape index (κ1) is 21.2. The third-order valence-electron chi connectivity index (χ3n) is 5.73. The van der Waals surface area contributed by atoms with Crippen molar-refractivity contribution in [2.45, 2.75) is 31.5 Å². The lowest BCUT2D eigenvalue weighted by atomic mass is 9.88. The third-order valence-corrected chi connectivity index (χ3v) is 5.73. The van der Waals surface area contributed by atoms with E-state index in [1.54, 1.807) is 4.90 Å². The Kier molecular flexibility index (Phi) is 5.87. The molecule has 2 aromatic carbocycles. The number of carbonyl (C=O) groups is 1. The van der Waals surface area contributed by atoms with Crippen LogP contribution in [0.25, 0.3) is 11.3 Å². The van der Waals surface area contributed by atoms with Gasteiger partial charge in [-0.1, -0.05) is 36.4 Å². The summed E-state index contributed by atoms with van der Waals surface area (Å²) in [7, 11) is 0. The van der Waals surface area contributed by atoms with E-state index >= 15 is 0 Å². The summed E-state index contributed by atoms with van der Waals surface area (Å²) in [4.78, 5) is 14.6. The van der Waals surface area contributed by atoms with Gasteiger partial charge in [0.25, 0.3) is 5.91 Å². The monoisotopic (exact) mass is 428 g/mol. The summed E-state index contributed by atoms with van der Waals surface area (Å²) in [5.74, 6) is 0.499. The van der Waals surface area contributed by atoms with Gasteiger partial charge in [-0.05, 0) is 54.2 Å². The second kappa shape index (κ2) is 8.59. The molecule has 0 saturated carbocycles. The minimum Gasteiger partial charge on any atom is -0.451 e. The number of piperidine rings is 1. The molecule has 0 atom stereocenters. The van der Waals surface area contributed by atoms with Gasteiger partial charge in [-0.3, -0.25) is 4.79 Å². The number of hydrogen-bond acceptors (Lipinski definition) is 3. The molecule has 2 heterocycles. The summed E-state index contributed by atoms with van der Waals surface area (Å²) in [5.41, 5.74) is 7.59.